The van der Waals surface area contributed by atoms with Crippen LogP contribution in [0.2, 0.25) is 0 Å². The number of hydrogen-bond acceptors (Lipinski definition) is 3. The van der Waals surface area contributed by atoms with E-state index < -0.39 is 10.0 Å². The van der Waals surface area contributed by atoms with Crippen LogP contribution >= 0.6 is 0 Å². The van der Waals surface area contributed by atoms with Gasteiger partial charge in [-0.05, 0) is 46.4 Å². The first-order valence-electron chi connectivity index (χ1n) is 10.8. The second-order valence-corrected chi connectivity index (χ2v) is 10.1. The molecule has 3 aromatic rings. The van der Waals surface area contributed by atoms with Gasteiger partial charge in [0.25, 0.3) is 0 Å². The third-order valence-electron chi connectivity index (χ3n) is 6.30. The van der Waals surface area contributed by atoms with Crippen LogP contribution in [0.5, 0.6) is 0 Å². The average Bonchev–Trinajstić information content (AvgIpc) is 2.79. The molecule has 0 radical (unpaired) electrons. The van der Waals surface area contributed by atoms with Crippen LogP contribution in [-0.2, 0) is 16.6 Å². The number of piperazine rings is 1. The van der Waals surface area contributed by atoms with Gasteiger partial charge in [-0.1, -0.05) is 68.4 Å². The standard InChI is InChI=1S/C25H30N2O2S/c1-3-20(2)21-11-13-24(14-12-21)30(28,29)27-17-15-26(16-18-27)19-23-9-6-8-22-7-4-5-10-25(22)23/h4-14,20H,3,15-19H2,1-2H3/t20-/m1/s1. The molecule has 0 spiro atoms. The Morgan fingerprint density at radius 1 is 0.867 bits per heavy atom. The van der Waals surface area contributed by atoms with Crippen LogP contribution in [-0.4, -0.2) is 43.8 Å². The van der Waals surface area contributed by atoms with E-state index in [1.165, 1.54) is 21.9 Å². The van der Waals surface area contributed by atoms with E-state index in [4.69, 9.17) is 0 Å². The summed E-state index contributed by atoms with van der Waals surface area (Å²) in [5, 5.41) is 2.52. The van der Waals surface area contributed by atoms with E-state index in [2.05, 4.69) is 61.2 Å². The number of rotatable bonds is 6. The zero-order chi connectivity index (χ0) is 21.1. The molecule has 0 N–H and O–H groups in total. The fourth-order valence-electron chi connectivity index (χ4n) is 4.15. The first kappa shape index (κ1) is 21.0. The molecule has 158 valence electrons. The highest BCUT2D eigenvalue weighted by Gasteiger charge is 2.28. The lowest BCUT2D eigenvalue weighted by molar-refractivity contribution is 0.182. The number of fused-ring (bicyclic) bond motifs is 1. The van der Waals surface area contributed by atoms with E-state index in [-0.39, 0.29) is 0 Å². The summed E-state index contributed by atoms with van der Waals surface area (Å²) in [6.07, 6.45) is 1.05. The Labute approximate surface area is 180 Å². The summed E-state index contributed by atoms with van der Waals surface area (Å²) in [6.45, 7) is 7.70. The second kappa shape index (κ2) is 8.88. The van der Waals surface area contributed by atoms with Crippen molar-refractivity contribution >= 4 is 20.8 Å². The molecule has 30 heavy (non-hydrogen) atoms. The third kappa shape index (κ3) is 4.29. The Hall–Kier alpha value is -2.21. The molecule has 4 nitrogen and oxygen atoms in total. The van der Waals surface area contributed by atoms with Crippen molar-refractivity contribution in [3.05, 3.63) is 77.9 Å². The minimum atomic E-state index is -3.44. The summed E-state index contributed by atoms with van der Waals surface area (Å²) in [5.41, 5.74) is 2.49. The lowest BCUT2D eigenvalue weighted by Crippen LogP contribution is -2.48. The van der Waals surface area contributed by atoms with E-state index in [9.17, 15) is 8.42 Å². The maximum absolute atomic E-state index is 13.1. The van der Waals surface area contributed by atoms with Gasteiger partial charge in [0.1, 0.15) is 0 Å². The average molecular weight is 423 g/mol. The zero-order valence-corrected chi connectivity index (χ0v) is 18.6. The quantitative estimate of drug-likeness (QED) is 0.570. The molecule has 1 fully saturated rings. The van der Waals surface area contributed by atoms with Crippen LogP contribution in [0.15, 0.2) is 71.6 Å². The molecule has 1 aliphatic heterocycles. The molecular formula is C25H30N2O2S. The van der Waals surface area contributed by atoms with E-state index in [1.54, 1.807) is 16.4 Å². The Morgan fingerprint density at radius 3 is 2.23 bits per heavy atom. The molecule has 4 rings (SSSR count). The Morgan fingerprint density at radius 2 is 1.53 bits per heavy atom. The molecule has 0 bridgehead atoms. The molecule has 5 heteroatoms. The molecule has 1 saturated heterocycles. The van der Waals surface area contributed by atoms with Gasteiger partial charge in [-0.15, -0.1) is 0 Å². The topological polar surface area (TPSA) is 40.6 Å². The number of hydrogen-bond donors (Lipinski definition) is 0. The summed E-state index contributed by atoms with van der Waals surface area (Å²) in [7, 11) is -3.44. The number of benzene rings is 3. The molecular weight excluding hydrogens is 392 g/mol. The van der Waals surface area contributed by atoms with E-state index >= 15 is 0 Å². The highest BCUT2D eigenvalue weighted by Crippen LogP contribution is 2.24. The van der Waals surface area contributed by atoms with Gasteiger partial charge in [0.2, 0.25) is 10.0 Å². The van der Waals surface area contributed by atoms with Gasteiger partial charge >= 0.3 is 0 Å². The fourth-order valence-corrected chi connectivity index (χ4v) is 5.57. The highest BCUT2D eigenvalue weighted by atomic mass is 32.2. The summed E-state index contributed by atoms with van der Waals surface area (Å²) in [4.78, 5) is 2.75. The monoisotopic (exact) mass is 422 g/mol. The van der Waals surface area contributed by atoms with Crippen molar-refractivity contribution in [2.24, 2.45) is 0 Å². The second-order valence-electron chi connectivity index (χ2n) is 8.20. The lowest BCUT2D eigenvalue weighted by Gasteiger charge is -2.34. The summed E-state index contributed by atoms with van der Waals surface area (Å²) >= 11 is 0. The maximum atomic E-state index is 13.1. The normalized spacial score (nSPS) is 17.3. The van der Waals surface area contributed by atoms with E-state index in [0.29, 0.717) is 23.9 Å². The molecule has 3 aromatic carbocycles. The number of sulfonamides is 1. The molecule has 1 heterocycles. The Kier molecular flexibility index (Phi) is 6.23. The van der Waals surface area contributed by atoms with Crippen molar-refractivity contribution in [3.63, 3.8) is 0 Å². The Balaban J connectivity index is 1.42. The van der Waals surface area contributed by atoms with Crippen LogP contribution in [0.25, 0.3) is 10.8 Å². The maximum Gasteiger partial charge on any atom is 0.243 e. The van der Waals surface area contributed by atoms with Gasteiger partial charge in [-0.2, -0.15) is 4.31 Å². The smallest absolute Gasteiger partial charge is 0.243 e. The third-order valence-corrected chi connectivity index (χ3v) is 8.22. The van der Waals surface area contributed by atoms with Gasteiger partial charge in [-0.3, -0.25) is 4.90 Å². The largest absolute Gasteiger partial charge is 0.296 e. The minimum absolute atomic E-state index is 0.400. The van der Waals surface area contributed by atoms with Gasteiger partial charge in [0.05, 0.1) is 4.90 Å². The van der Waals surface area contributed by atoms with Gasteiger partial charge in [0, 0.05) is 32.7 Å². The van der Waals surface area contributed by atoms with Crippen LogP contribution < -0.4 is 0 Å². The molecule has 0 saturated carbocycles. The first-order chi connectivity index (χ1) is 14.5. The van der Waals surface area contributed by atoms with Crippen LogP contribution in [0, 0.1) is 0 Å². The molecule has 0 aliphatic carbocycles. The van der Waals surface area contributed by atoms with Crippen molar-refractivity contribution in [2.45, 2.75) is 37.6 Å². The lowest BCUT2D eigenvalue weighted by atomic mass is 9.99. The SMILES string of the molecule is CC[C@@H](C)c1ccc(S(=O)(=O)N2CCN(Cc3cccc4ccccc34)CC2)cc1. The molecule has 1 atom stereocenters. The molecule has 0 amide bonds. The van der Waals surface area contributed by atoms with Crippen molar-refractivity contribution in [3.8, 4) is 0 Å². The van der Waals surface area contributed by atoms with Crippen molar-refractivity contribution in [2.75, 3.05) is 26.2 Å². The van der Waals surface area contributed by atoms with E-state index in [1.807, 2.05) is 12.1 Å². The van der Waals surface area contributed by atoms with Crippen LogP contribution in [0.1, 0.15) is 37.3 Å². The molecule has 0 aromatic heterocycles. The molecule has 0 unspecified atom stereocenters. The predicted molar refractivity (Wildman–Crippen MR) is 123 cm³/mol. The number of nitrogens with zero attached hydrogens (tertiary/aromatic N) is 2. The summed E-state index contributed by atoms with van der Waals surface area (Å²) in [6, 6.07) is 22.3. The first-order valence-corrected chi connectivity index (χ1v) is 12.2. The van der Waals surface area contributed by atoms with Crippen molar-refractivity contribution in [1.29, 1.82) is 0 Å². The van der Waals surface area contributed by atoms with Crippen LogP contribution in [0.3, 0.4) is 0 Å². The Bertz CT molecular complexity index is 1100. The van der Waals surface area contributed by atoms with Crippen LogP contribution in [0.4, 0.5) is 0 Å². The van der Waals surface area contributed by atoms with Crippen molar-refractivity contribution < 1.29 is 8.42 Å². The summed E-state index contributed by atoms with van der Waals surface area (Å²) < 4.78 is 27.8. The zero-order valence-electron chi connectivity index (χ0n) is 17.8. The summed E-state index contributed by atoms with van der Waals surface area (Å²) in [5.74, 6) is 0.444. The molecule has 1 aliphatic rings. The van der Waals surface area contributed by atoms with Crippen molar-refractivity contribution in [1.82, 2.24) is 9.21 Å². The van der Waals surface area contributed by atoms with Gasteiger partial charge in [-0.25, -0.2) is 8.42 Å². The fraction of sp³-hybridized carbons (Fsp3) is 0.360. The van der Waals surface area contributed by atoms with E-state index in [0.717, 1.165) is 26.1 Å². The minimum Gasteiger partial charge on any atom is -0.296 e. The predicted octanol–water partition coefficient (Wildman–Crippen LogP) is 4.86. The highest BCUT2D eigenvalue weighted by molar-refractivity contribution is 7.89. The van der Waals surface area contributed by atoms with Gasteiger partial charge < -0.3 is 0 Å². The van der Waals surface area contributed by atoms with Gasteiger partial charge in [0.15, 0.2) is 0 Å².